The minimum Gasteiger partial charge on any atom is -0.493 e. The Kier molecular flexibility index (Phi) is 6.55. The van der Waals surface area contributed by atoms with Crippen molar-refractivity contribution in [1.82, 2.24) is 14.5 Å². The molecular weight excluding hydrogens is 431 g/mol. The van der Waals surface area contributed by atoms with Crippen LogP contribution in [0.25, 0.3) is 11.0 Å². The maximum Gasteiger partial charge on any atom is 0.244 e. The number of ether oxygens (including phenoxy) is 2. The number of anilines is 1. The van der Waals surface area contributed by atoms with Crippen LogP contribution in [0.5, 0.6) is 11.5 Å². The third-order valence-corrected chi connectivity index (χ3v) is 5.82. The molecule has 0 spiro atoms. The molecule has 4 aromatic rings. The van der Waals surface area contributed by atoms with Crippen molar-refractivity contribution < 1.29 is 18.7 Å². The van der Waals surface area contributed by atoms with Gasteiger partial charge in [-0.25, -0.2) is 9.37 Å². The zero-order valence-corrected chi connectivity index (χ0v) is 18.4. The monoisotopic (exact) mass is 452 g/mol. The van der Waals surface area contributed by atoms with Gasteiger partial charge in [0.1, 0.15) is 12.4 Å². The normalized spacial score (nSPS) is 10.8. The fourth-order valence-corrected chi connectivity index (χ4v) is 4.23. The van der Waals surface area contributed by atoms with Gasteiger partial charge in [-0.15, -0.1) is 0 Å². The highest BCUT2D eigenvalue weighted by atomic mass is 32.2. The van der Waals surface area contributed by atoms with Crippen molar-refractivity contribution in [2.75, 3.05) is 19.5 Å². The maximum absolute atomic E-state index is 14.0. The average molecular weight is 453 g/mol. The number of methoxy groups -OCH3 is 2. The maximum atomic E-state index is 14.0. The Labute approximate surface area is 188 Å². The summed E-state index contributed by atoms with van der Waals surface area (Å²) in [5, 5.41) is 3.48. The first-order valence-corrected chi connectivity index (χ1v) is 10.8. The number of amides is 1. The number of hydrogen-bond donors (Lipinski definition) is 1. The molecule has 0 bridgehead atoms. The Bertz CT molecular complexity index is 1260. The van der Waals surface area contributed by atoms with Crippen molar-refractivity contribution in [2.24, 2.45) is 0 Å². The third kappa shape index (κ3) is 4.67. The number of fused-ring (bicyclic) bond motifs is 1. The van der Waals surface area contributed by atoms with Crippen LogP contribution in [0, 0.1) is 5.82 Å². The van der Waals surface area contributed by atoms with E-state index in [1.54, 1.807) is 66.5 Å². The Morgan fingerprint density at radius 3 is 2.72 bits per heavy atom. The molecule has 32 heavy (non-hydrogen) atoms. The molecule has 0 aliphatic rings. The van der Waals surface area contributed by atoms with Crippen LogP contribution < -0.4 is 14.8 Å². The van der Waals surface area contributed by atoms with E-state index in [-0.39, 0.29) is 18.3 Å². The number of pyridine rings is 1. The molecule has 0 saturated carbocycles. The van der Waals surface area contributed by atoms with Gasteiger partial charge in [-0.3, -0.25) is 9.78 Å². The molecule has 0 radical (unpaired) electrons. The van der Waals surface area contributed by atoms with Crippen LogP contribution in [0.3, 0.4) is 0 Å². The van der Waals surface area contributed by atoms with Crippen molar-refractivity contribution in [3.8, 4) is 11.5 Å². The second-order valence-electron chi connectivity index (χ2n) is 6.84. The van der Waals surface area contributed by atoms with Crippen LogP contribution in [-0.4, -0.2) is 34.7 Å². The molecule has 0 fully saturated rings. The summed E-state index contributed by atoms with van der Waals surface area (Å²) in [5.74, 6) is 0.970. The number of nitrogens with one attached hydrogen (secondary N) is 1. The summed E-state index contributed by atoms with van der Waals surface area (Å²) in [7, 11) is 3.09. The van der Waals surface area contributed by atoms with Gasteiger partial charge in [0, 0.05) is 23.7 Å². The smallest absolute Gasteiger partial charge is 0.244 e. The number of imidazole rings is 1. The first-order chi connectivity index (χ1) is 15.6. The van der Waals surface area contributed by atoms with Gasteiger partial charge in [-0.05, 0) is 29.8 Å². The standard InChI is InChI=1S/C23H21FN4O3S/c1-30-20-8-7-16(11-21(20)31-2)26-22(29)13-28-19-12-25-10-9-18(19)27-23(28)32-14-15-5-3-4-6-17(15)24/h3-12H,13-14H2,1-2H3,(H,26,29). The van der Waals surface area contributed by atoms with Gasteiger partial charge in [0.25, 0.3) is 0 Å². The molecule has 2 aromatic heterocycles. The minimum absolute atomic E-state index is 0.0240. The largest absolute Gasteiger partial charge is 0.493 e. The van der Waals surface area contributed by atoms with Gasteiger partial charge in [-0.1, -0.05) is 30.0 Å². The van der Waals surface area contributed by atoms with E-state index in [4.69, 9.17) is 9.47 Å². The van der Waals surface area contributed by atoms with E-state index in [1.807, 2.05) is 0 Å². The number of aromatic nitrogens is 3. The van der Waals surface area contributed by atoms with Gasteiger partial charge >= 0.3 is 0 Å². The number of rotatable bonds is 8. The molecule has 0 atom stereocenters. The zero-order valence-electron chi connectivity index (χ0n) is 17.5. The molecule has 7 nitrogen and oxygen atoms in total. The first-order valence-electron chi connectivity index (χ1n) is 9.77. The number of hydrogen-bond acceptors (Lipinski definition) is 6. The summed E-state index contributed by atoms with van der Waals surface area (Å²) in [4.78, 5) is 21.6. The number of carbonyl (C=O) groups is 1. The highest BCUT2D eigenvalue weighted by Gasteiger charge is 2.16. The Balaban J connectivity index is 1.56. The summed E-state index contributed by atoms with van der Waals surface area (Å²) in [6.07, 6.45) is 3.31. The average Bonchev–Trinajstić information content (AvgIpc) is 3.15. The predicted octanol–water partition coefficient (Wildman–Crippen LogP) is 4.52. The zero-order chi connectivity index (χ0) is 22.5. The van der Waals surface area contributed by atoms with E-state index < -0.39 is 0 Å². The Morgan fingerprint density at radius 2 is 1.94 bits per heavy atom. The molecule has 0 saturated heterocycles. The summed E-state index contributed by atoms with van der Waals surface area (Å²) >= 11 is 1.37. The SMILES string of the molecule is COc1ccc(NC(=O)Cn2c(SCc3ccccc3F)nc3ccncc32)cc1OC. The van der Waals surface area contributed by atoms with Crippen LogP contribution in [0.4, 0.5) is 10.1 Å². The second-order valence-corrected chi connectivity index (χ2v) is 7.79. The van der Waals surface area contributed by atoms with E-state index in [1.165, 1.54) is 24.9 Å². The molecule has 4 rings (SSSR count). The lowest BCUT2D eigenvalue weighted by Crippen LogP contribution is -2.19. The minimum atomic E-state index is -0.268. The van der Waals surface area contributed by atoms with E-state index in [0.717, 1.165) is 11.0 Å². The lowest BCUT2D eigenvalue weighted by Gasteiger charge is -2.12. The molecule has 1 amide bonds. The van der Waals surface area contributed by atoms with E-state index in [2.05, 4.69) is 15.3 Å². The molecule has 0 aliphatic carbocycles. The van der Waals surface area contributed by atoms with Gasteiger partial charge in [0.15, 0.2) is 16.7 Å². The predicted molar refractivity (Wildman–Crippen MR) is 122 cm³/mol. The second kappa shape index (κ2) is 9.69. The highest BCUT2D eigenvalue weighted by molar-refractivity contribution is 7.98. The Morgan fingerprint density at radius 1 is 1.12 bits per heavy atom. The van der Waals surface area contributed by atoms with Gasteiger partial charge in [0.2, 0.25) is 5.91 Å². The number of halogens is 1. The van der Waals surface area contributed by atoms with Gasteiger partial charge < -0.3 is 19.4 Å². The number of nitrogens with zero attached hydrogens (tertiary/aromatic N) is 3. The molecule has 164 valence electrons. The quantitative estimate of drug-likeness (QED) is 0.396. The van der Waals surface area contributed by atoms with Crippen LogP contribution in [0.15, 0.2) is 66.1 Å². The molecule has 2 heterocycles. The van der Waals surface area contributed by atoms with E-state index >= 15 is 0 Å². The summed E-state index contributed by atoms with van der Waals surface area (Å²) in [6, 6.07) is 13.6. The number of benzene rings is 2. The van der Waals surface area contributed by atoms with Crippen LogP contribution in [0.2, 0.25) is 0 Å². The molecule has 1 N–H and O–H groups in total. The fourth-order valence-electron chi connectivity index (χ4n) is 3.23. The molecule has 0 unspecified atom stereocenters. The Hall–Kier alpha value is -3.59. The topological polar surface area (TPSA) is 78.3 Å². The number of thioether (sulfide) groups is 1. The molecular formula is C23H21FN4O3S. The van der Waals surface area contributed by atoms with E-state index in [9.17, 15) is 9.18 Å². The fraction of sp³-hybridized carbons (Fsp3) is 0.174. The lowest BCUT2D eigenvalue weighted by molar-refractivity contribution is -0.116. The summed E-state index contributed by atoms with van der Waals surface area (Å²) in [6.45, 7) is 0.0240. The van der Waals surface area contributed by atoms with Crippen molar-refractivity contribution in [3.05, 3.63) is 72.3 Å². The molecule has 2 aromatic carbocycles. The van der Waals surface area contributed by atoms with Crippen molar-refractivity contribution in [3.63, 3.8) is 0 Å². The molecule has 9 heteroatoms. The highest BCUT2D eigenvalue weighted by Crippen LogP contribution is 2.30. The van der Waals surface area contributed by atoms with Gasteiger partial charge in [0.05, 0.1) is 31.4 Å². The van der Waals surface area contributed by atoms with Crippen LogP contribution in [-0.2, 0) is 17.1 Å². The summed E-state index contributed by atoms with van der Waals surface area (Å²) < 4.78 is 26.3. The van der Waals surface area contributed by atoms with Crippen molar-refractivity contribution in [1.29, 1.82) is 0 Å². The van der Waals surface area contributed by atoms with Crippen molar-refractivity contribution >= 4 is 34.4 Å². The van der Waals surface area contributed by atoms with E-state index in [0.29, 0.717) is 33.7 Å². The first kappa shape index (κ1) is 21.6. The summed E-state index contributed by atoms with van der Waals surface area (Å²) in [5.41, 5.74) is 2.60. The third-order valence-electron chi connectivity index (χ3n) is 4.80. The van der Waals surface area contributed by atoms with Crippen LogP contribution >= 0.6 is 11.8 Å². The van der Waals surface area contributed by atoms with Crippen LogP contribution in [0.1, 0.15) is 5.56 Å². The van der Waals surface area contributed by atoms with Gasteiger partial charge in [-0.2, -0.15) is 0 Å². The van der Waals surface area contributed by atoms with Crippen molar-refractivity contribution in [2.45, 2.75) is 17.5 Å². The lowest BCUT2D eigenvalue weighted by atomic mass is 10.2. The molecule has 0 aliphatic heterocycles. The number of carbonyl (C=O) groups excluding carboxylic acids is 1.